The van der Waals surface area contributed by atoms with Gasteiger partial charge in [-0.25, -0.2) is 14.8 Å². The minimum absolute atomic E-state index is 0.132. The number of nitro benzene ring substituents is 1. The smallest absolute Gasteiger partial charge is 0.343 e. The van der Waals surface area contributed by atoms with E-state index in [0.717, 1.165) is 4.90 Å². The van der Waals surface area contributed by atoms with E-state index in [0.29, 0.717) is 27.4 Å². The van der Waals surface area contributed by atoms with E-state index in [1.807, 2.05) is 0 Å². The largest absolute Gasteiger partial charge is 0.493 e. The van der Waals surface area contributed by atoms with Crippen LogP contribution < -0.4 is 19.4 Å². The van der Waals surface area contributed by atoms with E-state index in [1.54, 1.807) is 73.7 Å². The summed E-state index contributed by atoms with van der Waals surface area (Å²) in [4.78, 5) is 58.8. The molecule has 2 heterocycles. The molecule has 0 aliphatic carbocycles. The first-order valence-electron chi connectivity index (χ1n) is 13.5. The predicted molar refractivity (Wildman–Crippen MR) is 160 cm³/mol. The number of nitrogens with zero attached hydrogens (tertiary/aromatic N) is 3. The standard InChI is InChI=1S/C32H24ClN3O8/c1-18-23(33)12-7-13-24(18)34-30(37)27-28(35(44-29(27)31(34)38)21-10-6-11-22(17-21)36(40)41)20-14-15-25(26(16-20)42-2)43-32(39)19-8-4-3-5-9-19/h3-17,27-29H,1-2H3/t27-,28-,29-/m1/s1. The zero-order valence-corrected chi connectivity index (χ0v) is 24.1. The molecule has 222 valence electrons. The Hall–Kier alpha value is -5.26. The zero-order chi connectivity index (χ0) is 31.1. The van der Waals surface area contributed by atoms with Crippen LogP contribution in [0.5, 0.6) is 11.5 Å². The van der Waals surface area contributed by atoms with Gasteiger partial charge in [0.1, 0.15) is 5.92 Å². The fourth-order valence-electron chi connectivity index (χ4n) is 5.48. The highest BCUT2D eigenvalue weighted by Crippen LogP contribution is 2.49. The lowest BCUT2D eigenvalue weighted by Gasteiger charge is -2.29. The SMILES string of the molecule is COc1cc([C@@H]2[C@H]3C(=O)N(c4cccc(Cl)c4C)C(=O)[C@@H]3ON2c2cccc([N+](=O)[O-])c2)ccc1OC(=O)c1ccccc1. The molecule has 2 saturated heterocycles. The number of fused-ring (bicyclic) bond motifs is 1. The molecule has 0 spiro atoms. The summed E-state index contributed by atoms with van der Waals surface area (Å²) >= 11 is 6.31. The third-order valence-corrected chi connectivity index (χ3v) is 8.04. The molecule has 0 saturated carbocycles. The molecule has 0 radical (unpaired) electrons. The van der Waals surface area contributed by atoms with Gasteiger partial charge in [0, 0.05) is 17.2 Å². The molecular formula is C32H24ClN3O8. The van der Waals surface area contributed by atoms with Gasteiger partial charge in [0.2, 0.25) is 5.91 Å². The number of hydroxylamine groups is 1. The fourth-order valence-corrected chi connectivity index (χ4v) is 5.65. The number of amides is 2. The van der Waals surface area contributed by atoms with Crippen LogP contribution in [0, 0.1) is 23.0 Å². The summed E-state index contributed by atoms with van der Waals surface area (Å²) in [5.74, 6) is -2.43. The summed E-state index contributed by atoms with van der Waals surface area (Å²) in [6.07, 6.45) is -1.23. The van der Waals surface area contributed by atoms with Crippen LogP contribution in [0.2, 0.25) is 5.02 Å². The number of hydrogen-bond donors (Lipinski definition) is 0. The Bertz CT molecular complexity index is 1810. The van der Waals surface area contributed by atoms with Gasteiger partial charge >= 0.3 is 5.97 Å². The van der Waals surface area contributed by atoms with Gasteiger partial charge in [0.25, 0.3) is 11.6 Å². The number of anilines is 2. The van der Waals surface area contributed by atoms with Gasteiger partial charge in [-0.2, -0.15) is 0 Å². The second-order valence-electron chi connectivity index (χ2n) is 10.2. The highest BCUT2D eigenvalue weighted by molar-refractivity contribution is 6.32. The lowest BCUT2D eigenvalue weighted by molar-refractivity contribution is -0.384. The molecule has 0 N–H and O–H groups in total. The third kappa shape index (κ3) is 4.91. The van der Waals surface area contributed by atoms with Crippen molar-refractivity contribution in [2.75, 3.05) is 17.1 Å². The van der Waals surface area contributed by atoms with Crippen molar-refractivity contribution in [2.45, 2.75) is 19.1 Å². The maximum atomic E-state index is 14.1. The Morgan fingerprint density at radius 3 is 2.41 bits per heavy atom. The zero-order valence-electron chi connectivity index (χ0n) is 23.4. The van der Waals surface area contributed by atoms with Gasteiger partial charge in [0.15, 0.2) is 17.6 Å². The number of esters is 1. The normalized spacial score (nSPS) is 19.2. The molecule has 2 aliphatic heterocycles. The fraction of sp³-hybridized carbons (Fsp3) is 0.156. The number of hydrogen-bond acceptors (Lipinski definition) is 9. The first-order chi connectivity index (χ1) is 21.2. The van der Waals surface area contributed by atoms with E-state index >= 15 is 0 Å². The van der Waals surface area contributed by atoms with Crippen molar-refractivity contribution in [3.8, 4) is 11.5 Å². The Morgan fingerprint density at radius 1 is 0.932 bits per heavy atom. The first-order valence-corrected chi connectivity index (χ1v) is 13.9. The number of rotatable bonds is 7. The van der Waals surface area contributed by atoms with E-state index in [2.05, 4.69) is 0 Å². The number of imide groups is 1. The van der Waals surface area contributed by atoms with Crippen LogP contribution in [0.25, 0.3) is 0 Å². The number of methoxy groups -OCH3 is 1. The third-order valence-electron chi connectivity index (χ3n) is 7.63. The minimum atomic E-state index is -1.23. The molecule has 12 heteroatoms. The van der Waals surface area contributed by atoms with Crippen molar-refractivity contribution >= 4 is 46.4 Å². The molecule has 3 atom stereocenters. The molecule has 0 unspecified atom stereocenters. The Kier molecular flexibility index (Phi) is 7.50. The maximum absolute atomic E-state index is 14.1. The second-order valence-corrected chi connectivity index (χ2v) is 10.6. The summed E-state index contributed by atoms with van der Waals surface area (Å²) in [7, 11) is 1.40. The average molecular weight is 614 g/mol. The second kappa shape index (κ2) is 11.4. The van der Waals surface area contributed by atoms with Crippen LogP contribution in [0.15, 0.2) is 91.0 Å². The van der Waals surface area contributed by atoms with Crippen LogP contribution in [0.3, 0.4) is 0 Å². The molecule has 2 amide bonds. The quantitative estimate of drug-likeness (QED) is 0.0830. The molecule has 4 aromatic carbocycles. The van der Waals surface area contributed by atoms with E-state index in [9.17, 15) is 24.5 Å². The minimum Gasteiger partial charge on any atom is -0.493 e. The Morgan fingerprint density at radius 2 is 1.68 bits per heavy atom. The van der Waals surface area contributed by atoms with Crippen LogP contribution in [-0.4, -0.2) is 35.9 Å². The average Bonchev–Trinajstić information content (AvgIpc) is 3.54. The van der Waals surface area contributed by atoms with E-state index in [-0.39, 0.29) is 22.9 Å². The summed E-state index contributed by atoms with van der Waals surface area (Å²) in [5.41, 5.74) is 1.78. The van der Waals surface area contributed by atoms with E-state index < -0.39 is 40.8 Å². The number of carbonyl (C=O) groups excluding carboxylic acids is 3. The van der Waals surface area contributed by atoms with Gasteiger partial charge in [-0.05, 0) is 60.5 Å². The van der Waals surface area contributed by atoms with Crippen LogP contribution in [-0.2, 0) is 14.4 Å². The highest BCUT2D eigenvalue weighted by atomic mass is 35.5. The van der Waals surface area contributed by atoms with Gasteiger partial charge in [-0.1, -0.05) is 48.0 Å². The first kappa shape index (κ1) is 28.8. The summed E-state index contributed by atoms with van der Waals surface area (Å²) in [6, 6.07) is 22.9. The highest BCUT2D eigenvalue weighted by Gasteiger charge is 2.60. The van der Waals surface area contributed by atoms with Crippen molar-refractivity contribution in [2.24, 2.45) is 5.92 Å². The van der Waals surface area contributed by atoms with Crippen molar-refractivity contribution in [1.29, 1.82) is 0 Å². The number of non-ortho nitro benzene ring substituents is 1. The van der Waals surface area contributed by atoms with Crippen molar-refractivity contribution in [1.82, 2.24) is 0 Å². The van der Waals surface area contributed by atoms with Crippen LogP contribution in [0.1, 0.15) is 27.5 Å². The maximum Gasteiger partial charge on any atom is 0.343 e. The van der Waals surface area contributed by atoms with Crippen molar-refractivity contribution in [3.05, 3.63) is 123 Å². The Labute approximate surface area is 256 Å². The number of carbonyl (C=O) groups is 3. The van der Waals surface area contributed by atoms with Crippen molar-refractivity contribution in [3.63, 3.8) is 0 Å². The summed E-state index contributed by atoms with van der Waals surface area (Å²) in [6.45, 7) is 1.71. The molecule has 2 fully saturated rings. The Balaban J connectivity index is 1.42. The number of benzene rings is 4. The molecule has 2 aliphatic rings. The number of nitro groups is 1. The van der Waals surface area contributed by atoms with E-state index in [4.69, 9.17) is 25.9 Å². The van der Waals surface area contributed by atoms with Gasteiger partial charge in [0.05, 0.1) is 35.0 Å². The predicted octanol–water partition coefficient (Wildman–Crippen LogP) is 5.84. The molecule has 11 nitrogen and oxygen atoms in total. The summed E-state index contributed by atoms with van der Waals surface area (Å²) in [5, 5.41) is 13.3. The van der Waals surface area contributed by atoms with Crippen LogP contribution in [0.4, 0.5) is 17.1 Å². The van der Waals surface area contributed by atoms with Crippen LogP contribution >= 0.6 is 11.6 Å². The van der Waals surface area contributed by atoms with Crippen molar-refractivity contribution < 1.29 is 33.6 Å². The topological polar surface area (TPSA) is 129 Å². The number of ether oxygens (including phenoxy) is 2. The molecule has 0 aromatic heterocycles. The molecule has 44 heavy (non-hydrogen) atoms. The van der Waals surface area contributed by atoms with Gasteiger partial charge in [-0.15, -0.1) is 0 Å². The van der Waals surface area contributed by atoms with Gasteiger partial charge < -0.3 is 9.47 Å². The van der Waals surface area contributed by atoms with E-state index in [1.165, 1.54) is 36.4 Å². The van der Waals surface area contributed by atoms with Gasteiger partial charge in [-0.3, -0.25) is 24.5 Å². The number of halogens is 1. The summed E-state index contributed by atoms with van der Waals surface area (Å²) < 4.78 is 11.1. The molecule has 6 rings (SSSR count). The monoisotopic (exact) mass is 613 g/mol. The molecule has 0 bridgehead atoms. The lowest BCUT2D eigenvalue weighted by atomic mass is 9.90. The molecule has 4 aromatic rings. The lowest BCUT2D eigenvalue weighted by Crippen LogP contribution is -2.37. The molecular weight excluding hydrogens is 590 g/mol.